The molecule has 3 aromatic rings. The van der Waals surface area contributed by atoms with Crippen molar-refractivity contribution in [2.24, 2.45) is 0 Å². The topological polar surface area (TPSA) is 39.9 Å². The number of benzene rings is 1. The van der Waals surface area contributed by atoms with Crippen molar-refractivity contribution < 1.29 is 4.74 Å². The maximum Gasteiger partial charge on any atom is 0.192 e. The lowest BCUT2D eigenvalue weighted by atomic mass is 10.2. The lowest BCUT2D eigenvalue weighted by molar-refractivity contribution is 0.414. The first kappa shape index (κ1) is 16.1. The number of hydrogen-bond acceptors (Lipinski definition) is 5. The van der Waals surface area contributed by atoms with Crippen LogP contribution >= 0.6 is 23.1 Å². The fourth-order valence-electron chi connectivity index (χ4n) is 2.32. The molecule has 120 valence electrons. The highest BCUT2D eigenvalue weighted by Gasteiger charge is 2.17. The Morgan fingerprint density at radius 1 is 1.22 bits per heavy atom. The molecule has 0 saturated carbocycles. The molecule has 0 aliphatic carbocycles. The van der Waals surface area contributed by atoms with Crippen LogP contribution in [0.1, 0.15) is 25.5 Å². The van der Waals surface area contributed by atoms with Gasteiger partial charge in [0.15, 0.2) is 11.0 Å². The minimum absolute atomic E-state index is 0.315. The smallest absolute Gasteiger partial charge is 0.192 e. The van der Waals surface area contributed by atoms with E-state index < -0.39 is 0 Å². The number of rotatable bonds is 6. The molecule has 1 aromatic carbocycles. The third-order valence-electron chi connectivity index (χ3n) is 3.42. The van der Waals surface area contributed by atoms with E-state index in [-0.39, 0.29) is 0 Å². The third kappa shape index (κ3) is 3.59. The molecule has 2 aromatic heterocycles. The standard InChI is InChI=1S/C17H19N3OS2/c1-12(2)20-16(15-8-5-9-22-15)18-19-17(20)23-11-13-6-4-7-14(10-13)21-3/h4-10,12H,11H2,1-3H3. The van der Waals surface area contributed by atoms with Gasteiger partial charge < -0.3 is 4.74 Å². The first-order chi connectivity index (χ1) is 11.2. The first-order valence-corrected chi connectivity index (χ1v) is 9.30. The van der Waals surface area contributed by atoms with Crippen molar-refractivity contribution in [2.75, 3.05) is 7.11 Å². The Morgan fingerprint density at radius 3 is 2.78 bits per heavy atom. The van der Waals surface area contributed by atoms with Crippen molar-refractivity contribution in [2.45, 2.75) is 30.8 Å². The van der Waals surface area contributed by atoms with Gasteiger partial charge in [-0.05, 0) is 43.0 Å². The van der Waals surface area contributed by atoms with E-state index in [9.17, 15) is 0 Å². The maximum absolute atomic E-state index is 5.28. The summed E-state index contributed by atoms with van der Waals surface area (Å²) in [4.78, 5) is 1.15. The van der Waals surface area contributed by atoms with Crippen LogP contribution in [0.25, 0.3) is 10.7 Å². The van der Waals surface area contributed by atoms with Crippen molar-refractivity contribution in [3.63, 3.8) is 0 Å². The van der Waals surface area contributed by atoms with Gasteiger partial charge in [-0.25, -0.2) is 0 Å². The number of thioether (sulfide) groups is 1. The molecule has 0 atom stereocenters. The average molecular weight is 345 g/mol. The number of nitrogens with zero attached hydrogens (tertiary/aromatic N) is 3. The number of hydrogen-bond donors (Lipinski definition) is 0. The van der Waals surface area contributed by atoms with E-state index >= 15 is 0 Å². The molecular formula is C17H19N3OS2. The highest BCUT2D eigenvalue weighted by molar-refractivity contribution is 7.98. The maximum atomic E-state index is 5.28. The van der Waals surface area contributed by atoms with Crippen LogP contribution in [-0.2, 0) is 5.75 Å². The Hall–Kier alpha value is -1.79. The van der Waals surface area contributed by atoms with Crippen molar-refractivity contribution in [3.8, 4) is 16.5 Å². The molecule has 0 bridgehead atoms. The van der Waals surface area contributed by atoms with E-state index in [2.05, 4.69) is 52.2 Å². The van der Waals surface area contributed by atoms with E-state index in [1.807, 2.05) is 18.2 Å². The highest BCUT2D eigenvalue weighted by Crippen LogP contribution is 2.31. The molecule has 0 amide bonds. The summed E-state index contributed by atoms with van der Waals surface area (Å²) in [5.74, 6) is 2.67. The zero-order valence-corrected chi connectivity index (χ0v) is 15.0. The predicted molar refractivity (Wildman–Crippen MR) is 96.3 cm³/mol. The molecule has 2 heterocycles. The number of methoxy groups -OCH3 is 1. The summed E-state index contributed by atoms with van der Waals surface area (Å²) in [6, 6.07) is 12.6. The van der Waals surface area contributed by atoms with Crippen LogP contribution < -0.4 is 4.74 Å². The van der Waals surface area contributed by atoms with E-state index in [0.717, 1.165) is 27.4 Å². The van der Waals surface area contributed by atoms with E-state index in [1.54, 1.807) is 30.2 Å². The second kappa shape index (κ2) is 7.19. The van der Waals surface area contributed by atoms with E-state index in [0.29, 0.717) is 6.04 Å². The molecule has 0 N–H and O–H groups in total. The van der Waals surface area contributed by atoms with Crippen molar-refractivity contribution in [1.82, 2.24) is 14.8 Å². The molecule has 0 saturated heterocycles. The molecule has 23 heavy (non-hydrogen) atoms. The first-order valence-electron chi connectivity index (χ1n) is 7.43. The van der Waals surface area contributed by atoms with Gasteiger partial charge in [-0.1, -0.05) is 30.0 Å². The largest absolute Gasteiger partial charge is 0.497 e. The molecule has 0 radical (unpaired) electrons. The molecule has 6 heteroatoms. The average Bonchev–Trinajstić information content (AvgIpc) is 3.22. The highest BCUT2D eigenvalue weighted by atomic mass is 32.2. The van der Waals surface area contributed by atoms with Gasteiger partial charge in [0.05, 0.1) is 12.0 Å². The van der Waals surface area contributed by atoms with Crippen molar-refractivity contribution >= 4 is 23.1 Å². The summed E-state index contributed by atoms with van der Waals surface area (Å²) >= 11 is 3.40. The molecule has 0 aliphatic heterocycles. The van der Waals surface area contributed by atoms with Crippen LogP contribution in [0.2, 0.25) is 0 Å². The zero-order valence-electron chi connectivity index (χ0n) is 13.4. The van der Waals surface area contributed by atoms with Gasteiger partial charge in [-0.15, -0.1) is 21.5 Å². The predicted octanol–water partition coefficient (Wildman–Crippen LogP) is 4.89. The SMILES string of the molecule is COc1cccc(CSc2nnc(-c3cccs3)n2C(C)C)c1. The summed E-state index contributed by atoms with van der Waals surface area (Å²) < 4.78 is 7.49. The summed E-state index contributed by atoms with van der Waals surface area (Å²) in [5.41, 5.74) is 1.21. The van der Waals surface area contributed by atoms with Gasteiger partial charge in [-0.2, -0.15) is 0 Å². The second-order valence-electron chi connectivity index (χ2n) is 5.39. The summed E-state index contributed by atoms with van der Waals surface area (Å²) in [6.07, 6.45) is 0. The molecular weight excluding hydrogens is 326 g/mol. The van der Waals surface area contributed by atoms with Crippen LogP contribution in [0.15, 0.2) is 46.9 Å². The second-order valence-corrected chi connectivity index (χ2v) is 7.28. The van der Waals surface area contributed by atoms with Crippen LogP contribution in [0.3, 0.4) is 0 Å². The van der Waals surface area contributed by atoms with Gasteiger partial charge in [0.1, 0.15) is 5.75 Å². The summed E-state index contributed by atoms with van der Waals surface area (Å²) in [5, 5.41) is 11.8. The monoisotopic (exact) mass is 345 g/mol. The van der Waals surface area contributed by atoms with Crippen LogP contribution in [0.5, 0.6) is 5.75 Å². The normalized spacial score (nSPS) is 11.1. The molecule has 3 rings (SSSR count). The Bertz CT molecular complexity index is 766. The Labute approximate surface area is 144 Å². The van der Waals surface area contributed by atoms with Gasteiger partial charge >= 0.3 is 0 Å². The lowest BCUT2D eigenvalue weighted by Gasteiger charge is -2.13. The van der Waals surface area contributed by atoms with Gasteiger partial charge in [0.25, 0.3) is 0 Å². The van der Waals surface area contributed by atoms with Crippen LogP contribution in [0.4, 0.5) is 0 Å². The Balaban J connectivity index is 1.83. The number of aromatic nitrogens is 3. The Morgan fingerprint density at radius 2 is 2.09 bits per heavy atom. The minimum atomic E-state index is 0.315. The summed E-state index contributed by atoms with van der Waals surface area (Å²) in [6.45, 7) is 4.33. The van der Waals surface area contributed by atoms with Gasteiger partial charge in [0, 0.05) is 11.8 Å². The number of thiophene rings is 1. The van der Waals surface area contributed by atoms with Gasteiger partial charge in [0.2, 0.25) is 0 Å². The zero-order chi connectivity index (χ0) is 16.2. The Kier molecular flexibility index (Phi) is 5.03. The molecule has 0 unspecified atom stereocenters. The van der Waals surface area contributed by atoms with E-state index in [4.69, 9.17) is 4.74 Å². The third-order valence-corrected chi connectivity index (χ3v) is 5.30. The fraction of sp³-hybridized carbons (Fsp3) is 0.294. The van der Waals surface area contributed by atoms with Gasteiger partial charge in [-0.3, -0.25) is 4.57 Å². The minimum Gasteiger partial charge on any atom is -0.497 e. The van der Waals surface area contributed by atoms with Crippen LogP contribution in [-0.4, -0.2) is 21.9 Å². The van der Waals surface area contributed by atoms with Crippen molar-refractivity contribution in [3.05, 3.63) is 47.3 Å². The molecule has 0 aliphatic rings. The number of ether oxygens (including phenoxy) is 1. The lowest BCUT2D eigenvalue weighted by Crippen LogP contribution is -2.04. The van der Waals surface area contributed by atoms with Crippen LogP contribution in [0, 0.1) is 0 Å². The quantitative estimate of drug-likeness (QED) is 0.596. The molecule has 0 fully saturated rings. The van der Waals surface area contributed by atoms with E-state index in [1.165, 1.54) is 5.56 Å². The summed E-state index contributed by atoms with van der Waals surface area (Å²) in [7, 11) is 1.69. The molecule has 4 nitrogen and oxygen atoms in total. The fourth-order valence-corrected chi connectivity index (χ4v) is 4.04. The molecule has 0 spiro atoms. The van der Waals surface area contributed by atoms with Crippen molar-refractivity contribution in [1.29, 1.82) is 0 Å².